The van der Waals surface area contributed by atoms with Crippen LogP contribution < -0.4 is 10.2 Å². The Morgan fingerprint density at radius 2 is 1.92 bits per heavy atom. The Bertz CT molecular complexity index is 774. The van der Waals surface area contributed by atoms with E-state index in [1.54, 1.807) is 17.0 Å². The Hall–Kier alpha value is -2.33. The van der Waals surface area contributed by atoms with E-state index in [1.807, 2.05) is 36.4 Å². The van der Waals surface area contributed by atoms with E-state index in [4.69, 9.17) is 11.6 Å². The lowest BCUT2D eigenvalue weighted by Gasteiger charge is -2.20. The van der Waals surface area contributed by atoms with Gasteiger partial charge >= 0.3 is 0 Å². The van der Waals surface area contributed by atoms with Gasteiger partial charge in [-0.2, -0.15) is 0 Å². The van der Waals surface area contributed by atoms with Crippen LogP contribution in [0.25, 0.3) is 0 Å². The summed E-state index contributed by atoms with van der Waals surface area (Å²) in [6, 6.07) is 15.2. The molecule has 0 spiro atoms. The minimum Gasteiger partial charge on any atom is -0.352 e. The summed E-state index contributed by atoms with van der Waals surface area (Å²) in [6.07, 6.45) is 1.11. The van der Waals surface area contributed by atoms with Crippen LogP contribution in [0.1, 0.15) is 24.5 Å². The summed E-state index contributed by atoms with van der Waals surface area (Å²) in [4.78, 5) is 26.6. The molecule has 0 unspecified atom stereocenters. The van der Waals surface area contributed by atoms with Crippen molar-refractivity contribution >= 4 is 29.1 Å². The van der Waals surface area contributed by atoms with Crippen LogP contribution in [0.15, 0.2) is 48.5 Å². The van der Waals surface area contributed by atoms with Crippen LogP contribution in [0.4, 0.5) is 5.69 Å². The highest BCUT2D eigenvalue weighted by atomic mass is 35.5. The molecule has 1 aliphatic heterocycles. The number of carbonyl (C=O) groups excluding carboxylic acids is 2. The lowest BCUT2D eigenvalue weighted by atomic mass is 10.1. The van der Waals surface area contributed by atoms with Gasteiger partial charge in [-0.05, 0) is 35.7 Å². The predicted octanol–water partition coefficient (Wildman–Crippen LogP) is 3.57. The molecule has 1 heterocycles. The molecule has 4 nitrogen and oxygen atoms in total. The van der Waals surface area contributed by atoms with Gasteiger partial charge in [0.2, 0.25) is 11.8 Å². The van der Waals surface area contributed by atoms with Gasteiger partial charge in [0.15, 0.2) is 0 Å². The van der Waals surface area contributed by atoms with Crippen LogP contribution in [-0.4, -0.2) is 18.4 Å². The number of amides is 2. The molecule has 0 saturated carbocycles. The van der Waals surface area contributed by atoms with Gasteiger partial charge in [0, 0.05) is 30.2 Å². The minimum atomic E-state index is -0.315. The number of para-hydroxylation sites is 1. The summed E-state index contributed by atoms with van der Waals surface area (Å²) in [5.41, 5.74) is 3.02. The van der Waals surface area contributed by atoms with Gasteiger partial charge in [-0.3, -0.25) is 9.59 Å². The Morgan fingerprint density at radius 3 is 2.64 bits per heavy atom. The van der Waals surface area contributed by atoms with Crippen LogP contribution >= 0.6 is 11.6 Å². The number of anilines is 1. The molecule has 2 aromatic carbocycles. The zero-order valence-electron chi connectivity index (χ0n) is 14.2. The largest absolute Gasteiger partial charge is 0.352 e. The molecule has 0 aliphatic carbocycles. The number of rotatable bonds is 5. The Morgan fingerprint density at radius 1 is 1.20 bits per heavy atom. The van der Waals surface area contributed by atoms with Crippen molar-refractivity contribution in [2.45, 2.75) is 26.3 Å². The van der Waals surface area contributed by atoms with Crippen LogP contribution in [-0.2, 0) is 22.6 Å². The number of carbonyl (C=O) groups is 2. The highest BCUT2D eigenvalue weighted by molar-refractivity contribution is 6.30. The van der Waals surface area contributed by atoms with Gasteiger partial charge in [-0.1, -0.05) is 48.9 Å². The predicted molar refractivity (Wildman–Crippen MR) is 99.6 cm³/mol. The molecule has 0 aromatic heterocycles. The fourth-order valence-corrected chi connectivity index (χ4v) is 3.25. The molecule has 1 aliphatic rings. The molecule has 1 fully saturated rings. The zero-order valence-corrected chi connectivity index (χ0v) is 14.9. The average Bonchev–Trinajstić information content (AvgIpc) is 3.02. The topological polar surface area (TPSA) is 49.4 Å². The molecular weight excluding hydrogens is 336 g/mol. The minimum absolute atomic E-state index is 0.00698. The molecule has 2 aromatic rings. The monoisotopic (exact) mass is 356 g/mol. The lowest BCUT2D eigenvalue weighted by Crippen LogP contribution is -2.32. The molecule has 1 N–H and O–H groups in total. The molecular formula is C20H21ClN2O2. The van der Waals surface area contributed by atoms with Gasteiger partial charge < -0.3 is 10.2 Å². The summed E-state index contributed by atoms with van der Waals surface area (Å²) in [7, 11) is 0. The smallest absolute Gasteiger partial charge is 0.227 e. The highest BCUT2D eigenvalue weighted by Gasteiger charge is 2.35. The van der Waals surface area contributed by atoms with Gasteiger partial charge in [-0.25, -0.2) is 0 Å². The van der Waals surface area contributed by atoms with Crippen LogP contribution in [0.5, 0.6) is 0 Å². The van der Waals surface area contributed by atoms with Crippen molar-refractivity contribution in [3.63, 3.8) is 0 Å². The summed E-state index contributed by atoms with van der Waals surface area (Å²) >= 11 is 5.86. The van der Waals surface area contributed by atoms with E-state index in [9.17, 15) is 9.59 Å². The van der Waals surface area contributed by atoms with E-state index >= 15 is 0 Å². The van der Waals surface area contributed by atoms with E-state index in [1.165, 1.54) is 0 Å². The number of hydrogen-bond acceptors (Lipinski definition) is 2. The van der Waals surface area contributed by atoms with Gasteiger partial charge in [0.1, 0.15) is 0 Å². The second kappa shape index (κ2) is 7.70. The standard InChI is InChI=1S/C20H21ClN2O2/c1-2-15-5-3-4-6-18(15)23-13-16(11-19(23)24)20(25)22-12-14-7-9-17(21)10-8-14/h3-10,16H,2,11-13H2,1H3,(H,22,25)/t16-/m0/s1. The van der Waals surface area contributed by atoms with Crippen molar-refractivity contribution in [2.75, 3.05) is 11.4 Å². The second-order valence-electron chi connectivity index (χ2n) is 6.23. The highest BCUT2D eigenvalue weighted by Crippen LogP contribution is 2.28. The molecule has 0 bridgehead atoms. The maximum absolute atomic E-state index is 12.4. The molecule has 3 rings (SSSR count). The number of nitrogens with zero attached hydrogens (tertiary/aromatic N) is 1. The number of aryl methyl sites for hydroxylation is 1. The maximum Gasteiger partial charge on any atom is 0.227 e. The molecule has 2 amide bonds. The van der Waals surface area contributed by atoms with E-state index in [2.05, 4.69) is 12.2 Å². The quantitative estimate of drug-likeness (QED) is 0.890. The Labute approximate surface area is 152 Å². The number of halogens is 1. The second-order valence-corrected chi connectivity index (χ2v) is 6.67. The van der Waals surface area contributed by atoms with E-state index < -0.39 is 0 Å². The van der Waals surface area contributed by atoms with E-state index in [0.29, 0.717) is 18.1 Å². The molecule has 25 heavy (non-hydrogen) atoms. The van der Waals surface area contributed by atoms with Gasteiger partial charge in [-0.15, -0.1) is 0 Å². The third kappa shape index (κ3) is 4.02. The van der Waals surface area contributed by atoms with Crippen LogP contribution in [0, 0.1) is 5.92 Å². The van der Waals surface area contributed by atoms with Crippen molar-refractivity contribution in [3.05, 3.63) is 64.7 Å². The first-order chi connectivity index (χ1) is 12.1. The van der Waals surface area contributed by atoms with Crippen molar-refractivity contribution in [1.29, 1.82) is 0 Å². The molecule has 5 heteroatoms. The number of hydrogen-bond donors (Lipinski definition) is 1. The SMILES string of the molecule is CCc1ccccc1N1C[C@@H](C(=O)NCc2ccc(Cl)cc2)CC1=O. The van der Waals surface area contributed by atoms with Crippen molar-refractivity contribution < 1.29 is 9.59 Å². The molecule has 1 saturated heterocycles. The fourth-order valence-electron chi connectivity index (χ4n) is 3.12. The van der Waals surface area contributed by atoms with Crippen molar-refractivity contribution in [1.82, 2.24) is 5.32 Å². The van der Waals surface area contributed by atoms with Crippen LogP contribution in [0.2, 0.25) is 5.02 Å². The maximum atomic E-state index is 12.4. The zero-order chi connectivity index (χ0) is 17.8. The fraction of sp³-hybridized carbons (Fsp3) is 0.300. The Balaban J connectivity index is 1.63. The van der Waals surface area contributed by atoms with Crippen LogP contribution in [0.3, 0.4) is 0 Å². The van der Waals surface area contributed by atoms with E-state index in [0.717, 1.165) is 23.2 Å². The first-order valence-electron chi connectivity index (χ1n) is 8.49. The summed E-state index contributed by atoms with van der Waals surface area (Å²) < 4.78 is 0. The number of benzene rings is 2. The Kier molecular flexibility index (Phi) is 5.39. The van der Waals surface area contributed by atoms with Crippen molar-refractivity contribution in [3.8, 4) is 0 Å². The third-order valence-corrected chi connectivity index (χ3v) is 4.79. The van der Waals surface area contributed by atoms with Gasteiger partial charge in [0.25, 0.3) is 0 Å². The first-order valence-corrected chi connectivity index (χ1v) is 8.86. The third-order valence-electron chi connectivity index (χ3n) is 4.54. The first kappa shape index (κ1) is 17.5. The molecule has 1 atom stereocenters. The van der Waals surface area contributed by atoms with Crippen molar-refractivity contribution in [2.24, 2.45) is 5.92 Å². The summed E-state index contributed by atoms with van der Waals surface area (Å²) in [6.45, 7) is 2.93. The summed E-state index contributed by atoms with van der Waals surface area (Å²) in [5.74, 6) is -0.392. The average molecular weight is 357 g/mol. The number of nitrogens with one attached hydrogen (secondary N) is 1. The van der Waals surface area contributed by atoms with Gasteiger partial charge in [0.05, 0.1) is 5.92 Å². The summed E-state index contributed by atoms with van der Waals surface area (Å²) in [5, 5.41) is 3.59. The molecule has 130 valence electrons. The van der Waals surface area contributed by atoms with E-state index in [-0.39, 0.29) is 24.2 Å². The lowest BCUT2D eigenvalue weighted by molar-refractivity contribution is -0.126. The normalized spacial score (nSPS) is 17.0. The molecule has 0 radical (unpaired) electrons.